The van der Waals surface area contributed by atoms with Gasteiger partial charge >= 0.3 is 5.97 Å². The summed E-state index contributed by atoms with van der Waals surface area (Å²) in [5.74, 6) is 0.937. The van der Waals surface area contributed by atoms with Gasteiger partial charge in [0.05, 0.1) is 0 Å². The van der Waals surface area contributed by atoms with E-state index in [0.717, 1.165) is 36.6 Å². The zero-order valence-corrected chi connectivity index (χ0v) is 14.3. The lowest BCUT2D eigenvalue weighted by Crippen LogP contribution is -2.47. The van der Waals surface area contributed by atoms with Crippen molar-refractivity contribution in [1.29, 1.82) is 0 Å². The minimum Gasteiger partial charge on any atom is -0.480 e. The Bertz CT molecular complexity index is 518. The molecule has 1 saturated heterocycles. The fourth-order valence-electron chi connectivity index (χ4n) is 2.85. The number of carbonyl (C=O) groups excluding carboxylic acids is 1. The van der Waals surface area contributed by atoms with Crippen molar-refractivity contribution in [3.8, 4) is 0 Å². The Balaban J connectivity index is 2.27. The minimum absolute atomic E-state index is 0.104. The van der Waals surface area contributed by atoms with E-state index in [1.807, 2.05) is 49.0 Å². The molecule has 6 heteroatoms. The molecule has 0 bridgehead atoms. The van der Waals surface area contributed by atoms with Crippen molar-refractivity contribution in [3.05, 3.63) is 35.9 Å². The summed E-state index contributed by atoms with van der Waals surface area (Å²) in [5.41, 5.74) is 0.941. The fraction of sp³-hybridized carbons (Fsp3) is 0.529. The predicted octanol–water partition coefficient (Wildman–Crippen LogP) is 2.10. The van der Waals surface area contributed by atoms with Gasteiger partial charge in [-0.25, -0.2) is 0 Å². The lowest BCUT2D eigenvalue weighted by molar-refractivity contribution is -0.147. The molecule has 0 saturated carbocycles. The number of carbonyl (C=O) groups is 2. The van der Waals surface area contributed by atoms with Crippen molar-refractivity contribution in [2.45, 2.75) is 19.4 Å². The molecule has 1 aliphatic rings. The number of hydrogen-bond donors (Lipinski definition) is 1. The average Bonchev–Trinajstić information content (AvgIpc) is 2.56. The highest BCUT2D eigenvalue weighted by atomic mass is 32.2. The van der Waals surface area contributed by atoms with Crippen LogP contribution in [-0.2, 0) is 9.59 Å². The molecule has 1 N–H and O–H groups in total. The van der Waals surface area contributed by atoms with Crippen LogP contribution in [0.4, 0.5) is 0 Å². The zero-order chi connectivity index (χ0) is 16.7. The molecule has 1 atom stereocenters. The van der Waals surface area contributed by atoms with Crippen molar-refractivity contribution in [1.82, 2.24) is 9.80 Å². The van der Waals surface area contributed by atoms with Crippen LogP contribution in [0.2, 0.25) is 0 Å². The molecule has 0 aliphatic carbocycles. The van der Waals surface area contributed by atoms with Gasteiger partial charge in [-0.2, -0.15) is 11.8 Å². The third kappa shape index (κ3) is 4.97. The molecule has 1 aromatic rings. The van der Waals surface area contributed by atoms with Crippen LogP contribution < -0.4 is 0 Å². The number of hydrogen-bond acceptors (Lipinski definition) is 4. The number of thioether (sulfide) groups is 1. The molecular formula is C17H24N2O3S. The van der Waals surface area contributed by atoms with Crippen LogP contribution >= 0.6 is 11.8 Å². The summed E-state index contributed by atoms with van der Waals surface area (Å²) < 4.78 is 0. The summed E-state index contributed by atoms with van der Waals surface area (Å²) >= 11 is 1.89. The zero-order valence-electron chi connectivity index (χ0n) is 13.5. The van der Waals surface area contributed by atoms with Gasteiger partial charge in [-0.05, 0) is 12.0 Å². The molecule has 1 aromatic carbocycles. The van der Waals surface area contributed by atoms with Gasteiger partial charge in [0.1, 0.15) is 12.6 Å². The third-order valence-corrected chi connectivity index (χ3v) is 4.83. The summed E-state index contributed by atoms with van der Waals surface area (Å²) in [4.78, 5) is 27.8. The number of carboxylic acids is 1. The Hall–Kier alpha value is -1.53. The van der Waals surface area contributed by atoms with Crippen molar-refractivity contribution >= 4 is 23.6 Å². The molecule has 1 amide bonds. The van der Waals surface area contributed by atoms with E-state index in [1.165, 1.54) is 4.90 Å². The van der Waals surface area contributed by atoms with Crippen LogP contribution in [0.3, 0.4) is 0 Å². The van der Waals surface area contributed by atoms with E-state index in [4.69, 9.17) is 5.11 Å². The standard InChI is InChI=1S/C17H24N2O3S/c1-2-8-19(13-15(20)21)17(22)16(14-6-4-3-5-7-14)18-9-11-23-12-10-18/h3-7,16H,2,8-13H2,1H3,(H,20,21). The first kappa shape index (κ1) is 17.8. The monoisotopic (exact) mass is 336 g/mol. The fourth-order valence-corrected chi connectivity index (χ4v) is 3.79. The maximum atomic E-state index is 13.1. The first-order chi connectivity index (χ1) is 11.1. The van der Waals surface area contributed by atoms with Crippen molar-refractivity contribution in [2.75, 3.05) is 37.7 Å². The summed E-state index contributed by atoms with van der Waals surface area (Å²) in [5, 5.41) is 9.11. The van der Waals surface area contributed by atoms with E-state index in [2.05, 4.69) is 4.90 Å². The molecule has 126 valence electrons. The second kappa shape index (κ2) is 8.93. The number of carboxylic acid groups (broad SMARTS) is 1. The number of amides is 1. The normalized spacial score (nSPS) is 16.7. The van der Waals surface area contributed by atoms with Crippen LogP contribution in [0.1, 0.15) is 24.9 Å². The van der Waals surface area contributed by atoms with Gasteiger partial charge in [0.15, 0.2) is 0 Å². The van der Waals surface area contributed by atoms with Gasteiger partial charge in [0.25, 0.3) is 0 Å². The molecule has 1 unspecified atom stereocenters. The third-order valence-electron chi connectivity index (χ3n) is 3.89. The van der Waals surface area contributed by atoms with Gasteiger partial charge in [-0.3, -0.25) is 14.5 Å². The van der Waals surface area contributed by atoms with Gasteiger partial charge in [-0.15, -0.1) is 0 Å². The quantitative estimate of drug-likeness (QED) is 0.826. The SMILES string of the molecule is CCCN(CC(=O)O)C(=O)C(c1ccccc1)N1CCSCC1. The molecule has 1 heterocycles. The molecule has 5 nitrogen and oxygen atoms in total. The maximum Gasteiger partial charge on any atom is 0.323 e. The topological polar surface area (TPSA) is 60.9 Å². The van der Waals surface area contributed by atoms with Crippen molar-refractivity contribution in [3.63, 3.8) is 0 Å². The Labute approximate surface area is 141 Å². The molecule has 2 rings (SSSR count). The van der Waals surface area contributed by atoms with E-state index in [1.54, 1.807) is 0 Å². The Morgan fingerprint density at radius 2 is 1.91 bits per heavy atom. The highest BCUT2D eigenvalue weighted by Gasteiger charge is 2.32. The second-order valence-corrected chi connectivity index (χ2v) is 6.84. The van der Waals surface area contributed by atoms with Gasteiger partial charge < -0.3 is 10.0 Å². The van der Waals surface area contributed by atoms with Gasteiger partial charge in [0.2, 0.25) is 5.91 Å². The molecule has 23 heavy (non-hydrogen) atoms. The van der Waals surface area contributed by atoms with Gasteiger partial charge in [0, 0.05) is 31.1 Å². The highest BCUT2D eigenvalue weighted by Crippen LogP contribution is 2.26. The largest absolute Gasteiger partial charge is 0.480 e. The lowest BCUT2D eigenvalue weighted by Gasteiger charge is -2.36. The minimum atomic E-state index is -0.965. The first-order valence-electron chi connectivity index (χ1n) is 8.00. The lowest BCUT2D eigenvalue weighted by atomic mass is 10.0. The number of aliphatic carboxylic acids is 1. The number of benzene rings is 1. The van der Waals surface area contributed by atoms with Crippen LogP contribution in [0.5, 0.6) is 0 Å². The molecule has 1 fully saturated rings. The van der Waals surface area contributed by atoms with Gasteiger partial charge in [-0.1, -0.05) is 37.3 Å². The molecule has 0 radical (unpaired) electrons. The molecular weight excluding hydrogens is 312 g/mol. The van der Waals surface area contributed by atoms with E-state index in [9.17, 15) is 9.59 Å². The number of nitrogens with zero attached hydrogens (tertiary/aromatic N) is 2. The second-order valence-electron chi connectivity index (χ2n) is 5.62. The van der Waals surface area contributed by atoms with Crippen LogP contribution in [-0.4, -0.2) is 64.5 Å². The Morgan fingerprint density at radius 1 is 1.26 bits per heavy atom. The Kier molecular flexibility index (Phi) is 6.92. The van der Waals surface area contributed by atoms with E-state index < -0.39 is 5.97 Å². The Morgan fingerprint density at radius 3 is 2.48 bits per heavy atom. The predicted molar refractivity (Wildman–Crippen MR) is 92.6 cm³/mol. The summed E-state index contributed by atoms with van der Waals surface area (Å²) in [6.07, 6.45) is 0.746. The van der Waals surface area contributed by atoms with Crippen LogP contribution in [0, 0.1) is 0 Å². The summed E-state index contributed by atoms with van der Waals surface area (Å²) in [7, 11) is 0. The van der Waals surface area contributed by atoms with E-state index in [0.29, 0.717) is 6.54 Å². The average molecular weight is 336 g/mol. The van der Waals surface area contributed by atoms with Crippen molar-refractivity contribution in [2.24, 2.45) is 0 Å². The van der Waals surface area contributed by atoms with Crippen LogP contribution in [0.15, 0.2) is 30.3 Å². The highest BCUT2D eigenvalue weighted by molar-refractivity contribution is 7.99. The summed E-state index contributed by atoms with van der Waals surface area (Å²) in [6.45, 7) is 3.89. The van der Waals surface area contributed by atoms with E-state index >= 15 is 0 Å². The first-order valence-corrected chi connectivity index (χ1v) is 9.16. The number of rotatable bonds is 7. The van der Waals surface area contributed by atoms with E-state index in [-0.39, 0.29) is 18.5 Å². The van der Waals surface area contributed by atoms with Crippen molar-refractivity contribution < 1.29 is 14.7 Å². The smallest absolute Gasteiger partial charge is 0.323 e. The maximum absolute atomic E-state index is 13.1. The summed E-state index contributed by atoms with van der Waals surface area (Å²) in [6, 6.07) is 9.30. The molecule has 0 spiro atoms. The molecule has 1 aliphatic heterocycles. The molecule has 0 aromatic heterocycles. The van der Waals surface area contributed by atoms with Crippen LogP contribution in [0.25, 0.3) is 0 Å².